The second-order valence-corrected chi connectivity index (χ2v) is 4.33. The Labute approximate surface area is 163 Å². The first-order valence-electron chi connectivity index (χ1n) is 6.95. The van der Waals surface area contributed by atoms with Crippen LogP contribution in [0.2, 0.25) is 0 Å². The second-order valence-electron chi connectivity index (χ2n) is 4.33. The van der Waals surface area contributed by atoms with E-state index in [0.29, 0.717) is 0 Å². The largest absolute Gasteiger partial charge is 0.338 e. The molecule has 0 aromatic carbocycles. The van der Waals surface area contributed by atoms with Crippen molar-refractivity contribution in [3.63, 3.8) is 0 Å². The Bertz CT molecular complexity index is 364. The Balaban J connectivity index is -0.000000259. The van der Waals surface area contributed by atoms with E-state index in [-0.39, 0.29) is 37.2 Å². The molecule has 0 saturated carbocycles. The molecular formula is C15H27Cl3N6. The SMILES string of the molecule is C=CN1C=NCC1.C=CN1C=NCC1.C=CN1C=NCC1.Cl.Cl.Cl. The van der Waals surface area contributed by atoms with E-state index in [1.165, 1.54) is 0 Å². The van der Waals surface area contributed by atoms with Gasteiger partial charge in [-0.15, -0.1) is 37.2 Å². The monoisotopic (exact) mass is 396 g/mol. The lowest BCUT2D eigenvalue weighted by Gasteiger charge is -2.02. The van der Waals surface area contributed by atoms with Crippen LogP contribution >= 0.6 is 37.2 Å². The summed E-state index contributed by atoms with van der Waals surface area (Å²) >= 11 is 0. The van der Waals surface area contributed by atoms with Crippen LogP contribution in [-0.4, -0.2) is 73.0 Å². The molecule has 3 heterocycles. The van der Waals surface area contributed by atoms with E-state index in [1.807, 2.05) is 14.7 Å². The Morgan fingerprint density at radius 2 is 0.833 bits per heavy atom. The van der Waals surface area contributed by atoms with Gasteiger partial charge in [-0.25, -0.2) is 0 Å². The molecule has 0 amide bonds. The van der Waals surface area contributed by atoms with Crippen LogP contribution in [0.25, 0.3) is 0 Å². The predicted octanol–water partition coefficient (Wildman–Crippen LogP) is 2.69. The molecule has 3 aliphatic heterocycles. The maximum Gasteiger partial charge on any atom is 0.0890 e. The highest BCUT2D eigenvalue weighted by molar-refractivity contribution is 5.86. The fourth-order valence-corrected chi connectivity index (χ4v) is 1.60. The summed E-state index contributed by atoms with van der Waals surface area (Å²) in [5, 5.41) is 0. The molecule has 3 aliphatic rings. The molecule has 0 radical (unpaired) electrons. The maximum absolute atomic E-state index is 3.97. The number of aliphatic imine (C=N–C) groups is 3. The number of rotatable bonds is 3. The minimum atomic E-state index is 0. The first-order chi connectivity index (χ1) is 10.3. The number of hydrogen-bond acceptors (Lipinski definition) is 6. The lowest BCUT2D eigenvalue weighted by molar-refractivity contribution is 0.626. The molecule has 0 bridgehead atoms. The van der Waals surface area contributed by atoms with Crippen molar-refractivity contribution in [1.29, 1.82) is 0 Å². The van der Waals surface area contributed by atoms with Crippen LogP contribution in [0.4, 0.5) is 0 Å². The summed E-state index contributed by atoms with van der Waals surface area (Å²) in [5.74, 6) is 0. The predicted molar refractivity (Wildman–Crippen MR) is 113 cm³/mol. The van der Waals surface area contributed by atoms with Gasteiger partial charge >= 0.3 is 0 Å². The third-order valence-electron chi connectivity index (χ3n) is 2.86. The van der Waals surface area contributed by atoms with Gasteiger partial charge in [-0.2, -0.15) is 0 Å². The van der Waals surface area contributed by atoms with Crippen LogP contribution in [-0.2, 0) is 0 Å². The highest BCUT2D eigenvalue weighted by atomic mass is 35.5. The summed E-state index contributed by atoms with van der Waals surface area (Å²) in [4.78, 5) is 17.8. The quantitative estimate of drug-likeness (QED) is 0.735. The molecule has 0 N–H and O–H groups in total. The lowest BCUT2D eigenvalue weighted by Crippen LogP contribution is -2.09. The zero-order valence-electron chi connectivity index (χ0n) is 13.7. The molecule has 9 heteroatoms. The van der Waals surface area contributed by atoms with Crippen LogP contribution in [0.15, 0.2) is 53.3 Å². The molecule has 138 valence electrons. The van der Waals surface area contributed by atoms with Crippen molar-refractivity contribution in [1.82, 2.24) is 14.7 Å². The molecule has 0 spiro atoms. The molecule has 3 rings (SSSR count). The number of halogens is 3. The summed E-state index contributed by atoms with van der Waals surface area (Å²) in [7, 11) is 0. The third kappa shape index (κ3) is 12.0. The standard InChI is InChI=1S/3C5H8N2.3ClH/c3*1-2-7-4-3-6-5-7;;;/h3*2,5H,1,3-4H2;3*1H. The third-order valence-corrected chi connectivity index (χ3v) is 2.86. The highest BCUT2D eigenvalue weighted by Crippen LogP contribution is 1.91. The van der Waals surface area contributed by atoms with Gasteiger partial charge in [-0.05, 0) is 18.6 Å². The van der Waals surface area contributed by atoms with Gasteiger partial charge in [-0.1, -0.05) is 19.7 Å². The topological polar surface area (TPSA) is 46.8 Å². The Morgan fingerprint density at radius 1 is 0.583 bits per heavy atom. The Kier molecular flexibility index (Phi) is 20.3. The molecule has 0 unspecified atom stereocenters. The first-order valence-corrected chi connectivity index (χ1v) is 6.95. The minimum absolute atomic E-state index is 0. The fraction of sp³-hybridized carbons (Fsp3) is 0.400. The van der Waals surface area contributed by atoms with Gasteiger partial charge in [0.25, 0.3) is 0 Å². The van der Waals surface area contributed by atoms with Crippen molar-refractivity contribution in [2.75, 3.05) is 39.3 Å². The van der Waals surface area contributed by atoms with E-state index < -0.39 is 0 Å². The van der Waals surface area contributed by atoms with Crippen molar-refractivity contribution in [3.05, 3.63) is 38.3 Å². The maximum atomic E-state index is 3.97. The summed E-state index contributed by atoms with van der Waals surface area (Å²) in [6.07, 6.45) is 10.7. The molecule has 24 heavy (non-hydrogen) atoms. The van der Waals surface area contributed by atoms with Gasteiger partial charge < -0.3 is 14.7 Å². The fourth-order valence-electron chi connectivity index (χ4n) is 1.60. The van der Waals surface area contributed by atoms with Crippen molar-refractivity contribution in [2.45, 2.75) is 0 Å². The lowest BCUT2D eigenvalue weighted by atomic mass is 10.6. The zero-order chi connectivity index (χ0) is 15.3. The highest BCUT2D eigenvalue weighted by Gasteiger charge is 1.98. The Morgan fingerprint density at radius 3 is 0.917 bits per heavy atom. The van der Waals surface area contributed by atoms with E-state index in [1.54, 1.807) is 37.6 Å². The molecule has 0 saturated heterocycles. The van der Waals surface area contributed by atoms with E-state index in [2.05, 4.69) is 34.7 Å². The summed E-state index contributed by atoms with van der Waals surface area (Å²) in [6.45, 7) is 16.5. The average Bonchev–Trinajstić information content (AvgIpc) is 3.31. The normalized spacial score (nSPS) is 15.8. The zero-order valence-corrected chi connectivity index (χ0v) is 16.2. The van der Waals surface area contributed by atoms with Crippen molar-refractivity contribution in [2.24, 2.45) is 15.0 Å². The van der Waals surface area contributed by atoms with E-state index in [4.69, 9.17) is 0 Å². The molecular weight excluding hydrogens is 371 g/mol. The number of hydrogen-bond donors (Lipinski definition) is 0. The minimum Gasteiger partial charge on any atom is -0.338 e. The average molecular weight is 398 g/mol. The van der Waals surface area contributed by atoms with Gasteiger partial charge in [0, 0.05) is 19.6 Å². The van der Waals surface area contributed by atoms with E-state index >= 15 is 0 Å². The number of nitrogens with zero attached hydrogens (tertiary/aromatic N) is 6. The van der Waals surface area contributed by atoms with Crippen LogP contribution in [0.3, 0.4) is 0 Å². The second kappa shape index (κ2) is 17.8. The molecule has 6 nitrogen and oxygen atoms in total. The first kappa shape index (κ1) is 27.4. The molecule has 0 aromatic heterocycles. The van der Waals surface area contributed by atoms with Crippen LogP contribution in [0, 0.1) is 0 Å². The van der Waals surface area contributed by atoms with E-state index in [0.717, 1.165) is 39.3 Å². The van der Waals surface area contributed by atoms with Gasteiger partial charge in [0.1, 0.15) is 0 Å². The van der Waals surface area contributed by atoms with Crippen LogP contribution in [0.1, 0.15) is 0 Å². The van der Waals surface area contributed by atoms with Crippen molar-refractivity contribution >= 4 is 56.2 Å². The summed E-state index contributed by atoms with van der Waals surface area (Å²) in [6, 6.07) is 0. The van der Waals surface area contributed by atoms with Gasteiger partial charge in [0.2, 0.25) is 0 Å². The van der Waals surface area contributed by atoms with Crippen molar-refractivity contribution < 1.29 is 0 Å². The van der Waals surface area contributed by atoms with Gasteiger partial charge in [-0.3, -0.25) is 15.0 Å². The van der Waals surface area contributed by atoms with Crippen LogP contribution in [0.5, 0.6) is 0 Å². The summed E-state index contributed by atoms with van der Waals surface area (Å²) < 4.78 is 0. The molecule has 0 fully saturated rings. The van der Waals surface area contributed by atoms with Gasteiger partial charge in [0.05, 0.1) is 38.6 Å². The summed E-state index contributed by atoms with van der Waals surface area (Å²) in [5.41, 5.74) is 0. The van der Waals surface area contributed by atoms with Gasteiger partial charge in [0.15, 0.2) is 0 Å². The van der Waals surface area contributed by atoms with Crippen molar-refractivity contribution in [3.8, 4) is 0 Å². The molecule has 0 aromatic rings. The molecule has 0 aliphatic carbocycles. The Hall–Kier alpha value is -1.50. The smallest absolute Gasteiger partial charge is 0.0890 e. The van der Waals surface area contributed by atoms with E-state index in [9.17, 15) is 0 Å². The van der Waals surface area contributed by atoms with Crippen LogP contribution < -0.4 is 0 Å². The molecule has 0 atom stereocenters.